The second kappa shape index (κ2) is 4.65. The van der Waals surface area contributed by atoms with E-state index in [9.17, 15) is 0 Å². The molecule has 0 aliphatic rings. The first-order valence-electron chi connectivity index (χ1n) is 5.46. The zero-order valence-electron chi connectivity index (χ0n) is 9.60. The van der Waals surface area contributed by atoms with Crippen LogP contribution in [0, 0.1) is 4.77 Å². The first-order valence-corrected chi connectivity index (χ1v) is 5.87. The van der Waals surface area contributed by atoms with E-state index in [2.05, 4.69) is 21.6 Å². The molecule has 0 spiro atoms. The topological polar surface area (TPSA) is 38.5 Å². The number of aryl methyl sites for hydroxylation is 3. The van der Waals surface area contributed by atoms with E-state index >= 15 is 0 Å². The molecule has 0 atom stereocenters. The fourth-order valence-corrected chi connectivity index (χ4v) is 2.11. The summed E-state index contributed by atoms with van der Waals surface area (Å²) in [5, 5.41) is 4.16. The Morgan fingerprint density at radius 1 is 1.44 bits per heavy atom. The number of hydrogen-bond donors (Lipinski definition) is 1. The summed E-state index contributed by atoms with van der Waals surface area (Å²) in [6.07, 6.45) is 5.77. The van der Waals surface area contributed by atoms with Crippen LogP contribution in [0.3, 0.4) is 0 Å². The molecule has 0 saturated carbocycles. The largest absolute Gasteiger partial charge is 0.337 e. The molecule has 2 aromatic heterocycles. The maximum Gasteiger partial charge on any atom is 0.177 e. The Labute approximate surface area is 99.9 Å². The minimum Gasteiger partial charge on any atom is -0.337 e. The highest BCUT2D eigenvalue weighted by Crippen LogP contribution is 2.06. The standard InChI is InChI=1S/C11H16N4S/c1-3-9-8-12-11(16)15(9)7-5-10-4-6-13-14(10)2/h4,6,8H,3,5,7H2,1-2H3,(H,12,16). The Bertz CT molecular complexity index is 520. The summed E-state index contributed by atoms with van der Waals surface area (Å²) in [7, 11) is 1.96. The minimum absolute atomic E-state index is 0.805. The number of rotatable bonds is 4. The summed E-state index contributed by atoms with van der Waals surface area (Å²) in [5.74, 6) is 0. The van der Waals surface area contributed by atoms with Crippen LogP contribution < -0.4 is 0 Å². The van der Waals surface area contributed by atoms with E-state index < -0.39 is 0 Å². The normalized spacial score (nSPS) is 10.9. The zero-order chi connectivity index (χ0) is 11.5. The lowest BCUT2D eigenvalue weighted by molar-refractivity contribution is 0.615. The molecule has 0 unspecified atom stereocenters. The molecule has 4 nitrogen and oxygen atoms in total. The van der Waals surface area contributed by atoms with Crippen molar-refractivity contribution in [3.05, 3.63) is 34.6 Å². The van der Waals surface area contributed by atoms with Crippen LogP contribution in [-0.4, -0.2) is 19.3 Å². The number of aromatic amines is 1. The van der Waals surface area contributed by atoms with Gasteiger partial charge in [0.05, 0.1) is 0 Å². The monoisotopic (exact) mass is 236 g/mol. The van der Waals surface area contributed by atoms with Crippen LogP contribution in [0.15, 0.2) is 18.5 Å². The lowest BCUT2D eigenvalue weighted by atomic mass is 10.3. The van der Waals surface area contributed by atoms with Crippen molar-refractivity contribution >= 4 is 12.2 Å². The van der Waals surface area contributed by atoms with E-state index in [-0.39, 0.29) is 0 Å². The van der Waals surface area contributed by atoms with Crippen LogP contribution in [0.4, 0.5) is 0 Å². The molecule has 1 N–H and O–H groups in total. The highest BCUT2D eigenvalue weighted by atomic mass is 32.1. The van der Waals surface area contributed by atoms with Gasteiger partial charge in [-0.25, -0.2) is 0 Å². The molecular formula is C11H16N4S. The van der Waals surface area contributed by atoms with Gasteiger partial charge in [0.2, 0.25) is 0 Å². The zero-order valence-corrected chi connectivity index (χ0v) is 10.4. The fourth-order valence-electron chi connectivity index (χ4n) is 1.84. The molecule has 0 amide bonds. The molecule has 0 aromatic carbocycles. The van der Waals surface area contributed by atoms with E-state index in [0.717, 1.165) is 24.2 Å². The molecule has 0 bridgehead atoms. The third-order valence-corrected chi connectivity index (χ3v) is 3.17. The predicted molar refractivity (Wildman–Crippen MR) is 65.9 cm³/mol. The van der Waals surface area contributed by atoms with E-state index in [1.807, 2.05) is 30.2 Å². The Kier molecular flexibility index (Phi) is 3.24. The Morgan fingerprint density at radius 3 is 2.88 bits per heavy atom. The van der Waals surface area contributed by atoms with Crippen molar-refractivity contribution in [3.8, 4) is 0 Å². The summed E-state index contributed by atoms with van der Waals surface area (Å²) in [4.78, 5) is 3.09. The number of H-pyrrole nitrogens is 1. The van der Waals surface area contributed by atoms with Crippen LogP contribution in [0.5, 0.6) is 0 Å². The van der Waals surface area contributed by atoms with E-state index in [4.69, 9.17) is 12.2 Å². The quantitative estimate of drug-likeness (QED) is 0.825. The molecule has 5 heteroatoms. The molecule has 2 rings (SSSR count). The van der Waals surface area contributed by atoms with Crippen molar-refractivity contribution in [1.82, 2.24) is 19.3 Å². The van der Waals surface area contributed by atoms with E-state index in [0.29, 0.717) is 0 Å². The van der Waals surface area contributed by atoms with Gasteiger partial charge in [-0.3, -0.25) is 4.68 Å². The Balaban J connectivity index is 2.13. The molecule has 2 heterocycles. The SMILES string of the molecule is CCc1c[nH]c(=S)n1CCc1ccnn1C. The van der Waals surface area contributed by atoms with Crippen LogP contribution in [0.2, 0.25) is 0 Å². The highest BCUT2D eigenvalue weighted by Gasteiger charge is 2.04. The molecule has 0 aliphatic carbocycles. The fraction of sp³-hybridized carbons (Fsp3) is 0.455. The van der Waals surface area contributed by atoms with E-state index in [1.54, 1.807) is 0 Å². The highest BCUT2D eigenvalue weighted by molar-refractivity contribution is 7.71. The third kappa shape index (κ3) is 2.09. The molecule has 16 heavy (non-hydrogen) atoms. The van der Waals surface area contributed by atoms with Gasteiger partial charge in [-0.1, -0.05) is 6.92 Å². The predicted octanol–water partition coefficient (Wildman–Crippen LogP) is 2.08. The minimum atomic E-state index is 0.805. The van der Waals surface area contributed by atoms with Gasteiger partial charge in [0.15, 0.2) is 4.77 Å². The lowest BCUT2D eigenvalue weighted by Crippen LogP contribution is -2.07. The smallest absolute Gasteiger partial charge is 0.177 e. The maximum absolute atomic E-state index is 5.25. The lowest BCUT2D eigenvalue weighted by Gasteiger charge is -2.06. The number of nitrogens with one attached hydrogen (secondary N) is 1. The van der Waals surface area contributed by atoms with Crippen LogP contribution >= 0.6 is 12.2 Å². The number of hydrogen-bond acceptors (Lipinski definition) is 2. The molecule has 86 valence electrons. The third-order valence-electron chi connectivity index (χ3n) is 2.83. The van der Waals surface area contributed by atoms with Crippen molar-refractivity contribution in [2.45, 2.75) is 26.3 Å². The second-order valence-corrected chi connectivity index (χ2v) is 4.17. The first kappa shape index (κ1) is 11.1. The number of aromatic nitrogens is 4. The van der Waals surface area contributed by atoms with Gasteiger partial charge in [-0.05, 0) is 24.7 Å². The van der Waals surface area contributed by atoms with Crippen molar-refractivity contribution < 1.29 is 0 Å². The molecule has 2 aromatic rings. The Morgan fingerprint density at radius 2 is 2.25 bits per heavy atom. The maximum atomic E-state index is 5.25. The van der Waals surface area contributed by atoms with Crippen LogP contribution in [0.25, 0.3) is 0 Å². The van der Waals surface area contributed by atoms with Crippen molar-refractivity contribution in [3.63, 3.8) is 0 Å². The molecular weight excluding hydrogens is 220 g/mol. The molecule has 0 fully saturated rings. The average Bonchev–Trinajstić information content (AvgIpc) is 2.82. The van der Waals surface area contributed by atoms with Gasteiger partial charge in [-0.2, -0.15) is 5.10 Å². The summed E-state index contributed by atoms with van der Waals surface area (Å²) in [6.45, 7) is 3.05. The summed E-state index contributed by atoms with van der Waals surface area (Å²) >= 11 is 5.25. The molecule has 0 saturated heterocycles. The van der Waals surface area contributed by atoms with Crippen LogP contribution in [-0.2, 0) is 26.4 Å². The van der Waals surface area contributed by atoms with Crippen molar-refractivity contribution in [2.24, 2.45) is 7.05 Å². The van der Waals surface area contributed by atoms with Crippen molar-refractivity contribution in [1.29, 1.82) is 0 Å². The Hall–Kier alpha value is -1.36. The average molecular weight is 236 g/mol. The summed E-state index contributed by atoms with van der Waals surface area (Å²) in [6, 6.07) is 2.04. The number of imidazole rings is 1. The van der Waals surface area contributed by atoms with Gasteiger partial charge in [0, 0.05) is 43.8 Å². The van der Waals surface area contributed by atoms with Gasteiger partial charge in [-0.15, -0.1) is 0 Å². The number of nitrogens with zero attached hydrogens (tertiary/aromatic N) is 3. The van der Waals surface area contributed by atoms with Gasteiger partial charge >= 0.3 is 0 Å². The summed E-state index contributed by atoms with van der Waals surface area (Å²) < 4.78 is 4.86. The van der Waals surface area contributed by atoms with Gasteiger partial charge < -0.3 is 9.55 Å². The molecule has 0 radical (unpaired) electrons. The summed E-state index contributed by atoms with van der Waals surface area (Å²) in [5.41, 5.74) is 2.48. The second-order valence-electron chi connectivity index (χ2n) is 3.79. The van der Waals surface area contributed by atoms with Gasteiger partial charge in [0.25, 0.3) is 0 Å². The first-order chi connectivity index (χ1) is 7.72. The molecule has 0 aliphatic heterocycles. The van der Waals surface area contributed by atoms with E-state index in [1.165, 1.54) is 11.4 Å². The van der Waals surface area contributed by atoms with Crippen LogP contribution in [0.1, 0.15) is 18.3 Å². The van der Waals surface area contributed by atoms with Gasteiger partial charge in [0.1, 0.15) is 0 Å². The van der Waals surface area contributed by atoms with Crippen molar-refractivity contribution in [2.75, 3.05) is 0 Å².